The molecule has 1 amide bonds. The molecule has 0 radical (unpaired) electrons. The third kappa shape index (κ3) is 5.72. The largest absolute Gasteiger partial charge is 0.494 e. The Morgan fingerprint density at radius 2 is 1.93 bits per heavy atom. The molecule has 0 aliphatic carbocycles. The Bertz CT molecular complexity index is 974. The summed E-state index contributed by atoms with van der Waals surface area (Å²) in [5, 5.41) is 2.83. The molecule has 0 saturated heterocycles. The van der Waals surface area contributed by atoms with E-state index in [1.807, 2.05) is 30.3 Å². The summed E-state index contributed by atoms with van der Waals surface area (Å²) < 4.78 is 8.16. The van der Waals surface area contributed by atoms with Gasteiger partial charge in [-0.05, 0) is 54.7 Å². The Labute approximate surface area is 178 Å². The Morgan fingerprint density at radius 3 is 2.67 bits per heavy atom. The Balaban J connectivity index is 1.53. The van der Waals surface area contributed by atoms with Gasteiger partial charge in [0.2, 0.25) is 5.91 Å². The molecule has 5 nitrogen and oxygen atoms in total. The average molecular weight is 406 g/mol. The molecule has 2 aromatic carbocycles. The molecule has 1 heterocycles. The van der Waals surface area contributed by atoms with Crippen LogP contribution in [-0.2, 0) is 17.8 Å². The van der Waals surface area contributed by atoms with Crippen LogP contribution in [0.2, 0.25) is 0 Å². The van der Waals surface area contributed by atoms with Crippen LogP contribution in [0.4, 0.5) is 0 Å². The first-order valence-corrected chi connectivity index (χ1v) is 10.7. The molecule has 0 unspecified atom stereocenters. The Morgan fingerprint density at radius 1 is 1.17 bits per heavy atom. The van der Waals surface area contributed by atoms with E-state index in [1.54, 1.807) is 0 Å². The molecule has 158 valence electrons. The average Bonchev–Trinajstić information content (AvgIpc) is 3.11. The van der Waals surface area contributed by atoms with Crippen molar-refractivity contribution in [3.8, 4) is 5.75 Å². The normalized spacial score (nSPS) is 11.0. The second-order valence-corrected chi connectivity index (χ2v) is 7.69. The lowest BCUT2D eigenvalue weighted by atomic mass is 10.0. The summed E-state index contributed by atoms with van der Waals surface area (Å²) in [7, 11) is 0. The summed E-state index contributed by atoms with van der Waals surface area (Å²) in [6.07, 6.45) is 3.94. The zero-order valence-corrected chi connectivity index (χ0v) is 17.9. The highest BCUT2D eigenvalue weighted by Gasteiger charge is 2.10. The van der Waals surface area contributed by atoms with Gasteiger partial charge < -0.3 is 14.6 Å². The van der Waals surface area contributed by atoms with Crippen LogP contribution >= 0.6 is 0 Å². The van der Waals surface area contributed by atoms with Crippen molar-refractivity contribution in [3.63, 3.8) is 0 Å². The molecule has 5 heteroatoms. The highest BCUT2D eigenvalue weighted by Crippen LogP contribution is 2.20. The molecule has 3 aromatic rings. The van der Waals surface area contributed by atoms with Crippen LogP contribution < -0.4 is 10.1 Å². The number of para-hydroxylation sites is 2. The topological polar surface area (TPSA) is 56.2 Å². The number of benzene rings is 2. The number of ether oxygens (including phenoxy) is 1. The number of aryl methyl sites for hydroxylation is 1. The second-order valence-electron chi connectivity index (χ2n) is 7.69. The number of carbonyl (C=O) groups excluding carboxylic acids is 1. The van der Waals surface area contributed by atoms with Crippen molar-refractivity contribution < 1.29 is 9.53 Å². The number of unbranched alkanes of at least 4 members (excludes halogenated alkanes) is 1. The van der Waals surface area contributed by atoms with E-state index in [2.05, 4.69) is 48.5 Å². The summed E-state index contributed by atoms with van der Waals surface area (Å²) in [5.74, 6) is 2.29. The van der Waals surface area contributed by atoms with Crippen molar-refractivity contribution in [1.29, 1.82) is 0 Å². The smallest absolute Gasteiger partial charge is 0.243 e. The van der Waals surface area contributed by atoms with Gasteiger partial charge in [0.15, 0.2) is 0 Å². The summed E-state index contributed by atoms with van der Waals surface area (Å²) in [5.41, 5.74) is 3.45. The number of hydrogen-bond acceptors (Lipinski definition) is 3. The minimum absolute atomic E-state index is 0.156. The third-order valence-electron chi connectivity index (χ3n) is 5.16. The fraction of sp³-hybridized carbons (Fsp3) is 0.360. The van der Waals surface area contributed by atoms with Crippen LogP contribution in [0.1, 0.15) is 44.0 Å². The van der Waals surface area contributed by atoms with E-state index in [9.17, 15) is 4.79 Å². The van der Waals surface area contributed by atoms with Gasteiger partial charge in [0.1, 0.15) is 11.6 Å². The first-order valence-electron chi connectivity index (χ1n) is 10.7. The number of amides is 1. The summed E-state index contributed by atoms with van der Waals surface area (Å²) >= 11 is 0. The predicted molar refractivity (Wildman–Crippen MR) is 122 cm³/mol. The van der Waals surface area contributed by atoms with Gasteiger partial charge in [0, 0.05) is 19.5 Å². The van der Waals surface area contributed by atoms with Gasteiger partial charge in [-0.3, -0.25) is 4.79 Å². The van der Waals surface area contributed by atoms with E-state index in [0.717, 1.165) is 42.0 Å². The summed E-state index contributed by atoms with van der Waals surface area (Å²) in [4.78, 5) is 16.2. The monoisotopic (exact) mass is 405 g/mol. The van der Waals surface area contributed by atoms with Crippen molar-refractivity contribution in [2.45, 2.75) is 45.6 Å². The SMILES string of the molecule is C=CC(=O)NCCc1nc2ccccc2n1CCCCOc1ccc(C(C)C)cc1. The maximum absolute atomic E-state index is 11.4. The standard InChI is InChI=1S/C25H31N3O2/c1-4-25(29)26-16-15-24-27-22-9-5-6-10-23(22)28(24)17-7-8-18-30-21-13-11-20(12-14-21)19(2)3/h4-6,9-14,19H,1,7-8,15-18H2,2-3H3,(H,26,29). The van der Waals surface area contributed by atoms with E-state index in [4.69, 9.17) is 9.72 Å². The molecule has 30 heavy (non-hydrogen) atoms. The third-order valence-corrected chi connectivity index (χ3v) is 5.16. The number of rotatable bonds is 11. The molecule has 1 aromatic heterocycles. The van der Waals surface area contributed by atoms with Crippen molar-refractivity contribution in [3.05, 3.63) is 72.6 Å². The fourth-order valence-corrected chi connectivity index (χ4v) is 3.45. The van der Waals surface area contributed by atoms with Gasteiger partial charge in [0.25, 0.3) is 0 Å². The maximum atomic E-state index is 11.4. The van der Waals surface area contributed by atoms with E-state index in [0.29, 0.717) is 25.5 Å². The number of nitrogens with one attached hydrogen (secondary N) is 1. The maximum Gasteiger partial charge on any atom is 0.243 e. The lowest BCUT2D eigenvalue weighted by Crippen LogP contribution is -2.24. The van der Waals surface area contributed by atoms with E-state index in [-0.39, 0.29) is 5.91 Å². The van der Waals surface area contributed by atoms with Crippen LogP contribution in [0.15, 0.2) is 61.2 Å². The lowest BCUT2D eigenvalue weighted by Gasteiger charge is -2.11. The van der Waals surface area contributed by atoms with Gasteiger partial charge >= 0.3 is 0 Å². The van der Waals surface area contributed by atoms with Gasteiger partial charge in [-0.1, -0.05) is 44.7 Å². The van der Waals surface area contributed by atoms with E-state index >= 15 is 0 Å². The quantitative estimate of drug-likeness (QED) is 0.366. The van der Waals surface area contributed by atoms with Crippen molar-refractivity contribution in [2.75, 3.05) is 13.2 Å². The number of fused-ring (bicyclic) bond motifs is 1. The highest BCUT2D eigenvalue weighted by molar-refractivity contribution is 5.86. The summed E-state index contributed by atoms with van der Waals surface area (Å²) in [6, 6.07) is 16.5. The zero-order valence-electron chi connectivity index (χ0n) is 17.9. The lowest BCUT2D eigenvalue weighted by molar-refractivity contribution is -0.116. The Hall–Kier alpha value is -3.08. The molecule has 1 N–H and O–H groups in total. The predicted octanol–water partition coefficient (Wildman–Crippen LogP) is 4.86. The zero-order chi connectivity index (χ0) is 21.3. The minimum atomic E-state index is -0.156. The molecule has 0 aliphatic rings. The van der Waals surface area contributed by atoms with Crippen LogP contribution in [0, 0.1) is 0 Å². The Kier molecular flexibility index (Phi) is 7.66. The number of nitrogens with zero attached hydrogens (tertiary/aromatic N) is 2. The van der Waals surface area contributed by atoms with Crippen LogP contribution in [0.3, 0.4) is 0 Å². The molecule has 0 atom stereocenters. The molecular formula is C25H31N3O2. The molecule has 0 saturated carbocycles. The van der Waals surface area contributed by atoms with Crippen molar-refractivity contribution in [2.24, 2.45) is 0 Å². The van der Waals surface area contributed by atoms with Gasteiger partial charge in [-0.15, -0.1) is 0 Å². The molecule has 3 rings (SSSR count). The number of imidazole rings is 1. The first-order chi connectivity index (χ1) is 14.6. The first kappa shape index (κ1) is 21.6. The minimum Gasteiger partial charge on any atom is -0.494 e. The summed E-state index contributed by atoms with van der Waals surface area (Å²) in [6.45, 7) is 9.98. The van der Waals surface area contributed by atoms with Gasteiger partial charge in [-0.2, -0.15) is 0 Å². The highest BCUT2D eigenvalue weighted by atomic mass is 16.5. The molecule has 0 bridgehead atoms. The number of carbonyl (C=O) groups is 1. The number of hydrogen-bond donors (Lipinski definition) is 1. The van der Waals surface area contributed by atoms with Crippen LogP contribution in [0.25, 0.3) is 11.0 Å². The van der Waals surface area contributed by atoms with Crippen molar-refractivity contribution in [1.82, 2.24) is 14.9 Å². The van der Waals surface area contributed by atoms with Crippen LogP contribution in [0.5, 0.6) is 5.75 Å². The molecule has 0 spiro atoms. The van der Waals surface area contributed by atoms with Crippen LogP contribution in [-0.4, -0.2) is 28.6 Å². The van der Waals surface area contributed by atoms with E-state index < -0.39 is 0 Å². The fourth-order valence-electron chi connectivity index (χ4n) is 3.45. The second kappa shape index (κ2) is 10.6. The van der Waals surface area contributed by atoms with Gasteiger partial charge in [0.05, 0.1) is 17.6 Å². The van der Waals surface area contributed by atoms with E-state index in [1.165, 1.54) is 11.6 Å². The molecule has 0 aliphatic heterocycles. The van der Waals surface area contributed by atoms with Gasteiger partial charge in [-0.25, -0.2) is 4.98 Å². The molecular weight excluding hydrogens is 374 g/mol. The number of aromatic nitrogens is 2. The van der Waals surface area contributed by atoms with Crippen molar-refractivity contribution >= 4 is 16.9 Å². The molecule has 0 fully saturated rings.